The monoisotopic (exact) mass is 83.1 g/mol. The summed E-state index contributed by atoms with van der Waals surface area (Å²) >= 11 is 0. The van der Waals surface area contributed by atoms with Crippen LogP contribution in [0.25, 0.3) is 0 Å². The van der Waals surface area contributed by atoms with Gasteiger partial charge in [-0.3, -0.25) is 0 Å². The quantitative estimate of drug-likeness (QED) is 0.409. The lowest BCUT2D eigenvalue weighted by atomic mass is 10.8. The van der Waals surface area contributed by atoms with Gasteiger partial charge in [-0.05, 0) is 6.92 Å². The summed E-state index contributed by atoms with van der Waals surface area (Å²) in [4.78, 5) is 0. The summed E-state index contributed by atoms with van der Waals surface area (Å²) in [5.41, 5.74) is 0. The van der Waals surface area contributed by atoms with Gasteiger partial charge in [0.1, 0.15) is 0 Å². The van der Waals surface area contributed by atoms with E-state index in [1.165, 1.54) is 6.92 Å². The second-order valence-corrected chi connectivity index (χ2v) is 0.632. The van der Waals surface area contributed by atoms with Crippen molar-refractivity contribution in [3.05, 3.63) is 12.7 Å². The first-order valence-electron chi connectivity index (χ1n) is 1.71. The van der Waals surface area contributed by atoms with Gasteiger partial charge in [0, 0.05) is 6.92 Å². The molecule has 0 atom stereocenters. The molecule has 0 radical (unpaired) electrons. The number of allylic oxidation sites excluding steroid dienone is 1. The zero-order valence-corrected chi connectivity index (χ0v) is 4.23. The maximum Gasteiger partial charge on any atom is 0.0587 e. The summed E-state index contributed by atoms with van der Waals surface area (Å²) in [6.07, 6.45) is 1.75. The Balaban J connectivity index is 0. The summed E-state index contributed by atoms with van der Waals surface area (Å²) in [6, 6.07) is 1.75. The number of hydrogen-bond donors (Lipinski definition) is 0. The fourth-order valence-electron chi connectivity index (χ4n) is 0. The minimum Gasteiger partial charge on any atom is -0.199 e. The third-order valence-corrected chi connectivity index (χ3v) is 0. The van der Waals surface area contributed by atoms with Crippen molar-refractivity contribution in [2.75, 3.05) is 0 Å². The molecule has 34 valence electrons. The van der Waals surface area contributed by atoms with Crippen LogP contribution in [0.4, 0.5) is 0 Å². The first-order chi connectivity index (χ1) is 2.83. The van der Waals surface area contributed by atoms with Gasteiger partial charge in [-0.1, -0.05) is 6.08 Å². The molecule has 1 heteroatoms. The largest absolute Gasteiger partial charge is 0.199 e. The topological polar surface area (TPSA) is 23.8 Å². The highest BCUT2D eigenvalue weighted by Crippen LogP contribution is 1.38. The van der Waals surface area contributed by atoms with Crippen LogP contribution in [0.5, 0.6) is 0 Å². The summed E-state index contributed by atoms with van der Waals surface area (Å²) in [5.74, 6) is 0. The third kappa shape index (κ3) is 27.1. The highest BCUT2D eigenvalue weighted by molar-refractivity contribution is 4.51. The van der Waals surface area contributed by atoms with Gasteiger partial charge in [0.25, 0.3) is 0 Å². The molecule has 0 aromatic rings. The lowest BCUT2D eigenvalue weighted by Gasteiger charge is -1.31. The Bertz CT molecular complexity index is 49.4. The molecule has 0 aromatic heterocycles. The molecule has 0 saturated heterocycles. The Kier molecular flexibility index (Phi) is 43.6. The Labute approximate surface area is 38.9 Å². The minimum absolute atomic E-state index is 1.43. The lowest BCUT2D eigenvalue weighted by molar-refractivity contribution is 1.49. The average molecular weight is 83.1 g/mol. The highest BCUT2D eigenvalue weighted by Gasteiger charge is 1.17. The highest BCUT2D eigenvalue weighted by atomic mass is 14.2. The Morgan fingerprint density at radius 1 is 1.83 bits per heavy atom. The van der Waals surface area contributed by atoms with Crippen LogP contribution in [0.3, 0.4) is 0 Å². The van der Waals surface area contributed by atoms with Crippen LogP contribution in [0.2, 0.25) is 0 Å². The van der Waals surface area contributed by atoms with Crippen LogP contribution < -0.4 is 0 Å². The van der Waals surface area contributed by atoms with E-state index in [4.69, 9.17) is 5.26 Å². The van der Waals surface area contributed by atoms with Crippen molar-refractivity contribution in [1.29, 1.82) is 5.26 Å². The van der Waals surface area contributed by atoms with Crippen LogP contribution in [0.1, 0.15) is 13.8 Å². The normalized spacial score (nSPS) is 3.50. The van der Waals surface area contributed by atoms with Crippen molar-refractivity contribution in [1.82, 2.24) is 0 Å². The SMILES string of the molecule is C=CC.CC#N. The number of hydrogen-bond acceptors (Lipinski definition) is 1. The third-order valence-electron chi connectivity index (χ3n) is 0. The molecule has 0 unspecified atom stereocenters. The lowest BCUT2D eigenvalue weighted by Crippen LogP contribution is -1.10. The van der Waals surface area contributed by atoms with Crippen LogP contribution in [-0.4, -0.2) is 0 Å². The second kappa shape index (κ2) is 29.2. The predicted molar refractivity (Wildman–Crippen MR) is 27.2 cm³/mol. The van der Waals surface area contributed by atoms with Crippen LogP contribution in [-0.2, 0) is 0 Å². The van der Waals surface area contributed by atoms with Gasteiger partial charge in [0.05, 0.1) is 6.07 Å². The molecule has 0 rings (SSSR count). The molecule has 0 aliphatic heterocycles. The van der Waals surface area contributed by atoms with E-state index in [9.17, 15) is 0 Å². The van der Waals surface area contributed by atoms with Crippen molar-refractivity contribution >= 4 is 0 Å². The number of rotatable bonds is 0. The molecule has 0 amide bonds. The molecule has 0 aliphatic rings. The van der Waals surface area contributed by atoms with Gasteiger partial charge in [-0.15, -0.1) is 6.58 Å². The smallest absolute Gasteiger partial charge is 0.0587 e. The van der Waals surface area contributed by atoms with Gasteiger partial charge in [0.15, 0.2) is 0 Å². The van der Waals surface area contributed by atoms with E-state index in [1.54, 1.807) is 12.1 Å². The molecule has 6 heavy (non-hydrogen) atoms. The van der Waals surface area contributed by atoms with E-state index in [0.29, 0.717) is 0 Å². The fourth-order valence-corrected chi connectivity index (χ4v) is 0. The van der Waals surface area contributed by atoms with Gasteiger partial charge < -0.3 is 0 Å². The summed E-state index contributed by atoms with van der Waals surface area (Å²) in [5, 5.41) is 7.32. The molecule has 0 aromatic carbocycles. The number of nitrogens with zero attached hydrogens (tertiary/aromatic N) is 1. The van der Waals surface area contributed by atoms with E-state index in [-0.39, 0.29) is 0 Å². The molecule has 1 nitrogen and oxygen atoms in total. The predicted octanol–water partition coefficient (Wildman–Crippen LogP) is 1.72. The Morgan fingerprint density at radius 2 is 1.83 bits per heavy atom. The minimum atomic E-state index is 1.43. The zero-order chi connectivity index (χ0) is 5.41. The van der Waals surface area contributed by atoms with E-state index < -0.39 is 0 Å². The summed E-state index contributed by atoms with van der Waals surface area (Å²) in [7, 11) is 0. The molecular weight excluding hydrogens is 74.1 g/mol. The second-order valence-electron chi connectivity index (χ2n) is 0.632. The standard InChI is InChI=1S/C3H6.C2H3N/c1-3-2;1-2-3/h3H,1H2,2H3;1H3. The van der Waals surface area contributed by atoms with Crippen molar-refractivity contribution in [2.45, 2.75) is 13.8 Å². The van der Waals surface area contributed by atoms with Crippen molar-refractivity contribution < 1.29 is 0 Å². The average Bonchev–Trinajstić information content (AvgIpc) is 1.39. The molecule has 0 spiro atoms. The van der Waals surface area contributed by atoms with Crippen molar-refractivity contribution in [2.24, 2.45) is 0 Å². The molecular formula is C5H9N. The van der Waals surface area contributed by atoms with Crippen LogP contribution in [0, 0.1) is 11.3 Å². The van der Waals surface area contributed by atoms with Crippen LogP contribution >= 0.6 is 0 Å². The zero-order valence-electron chi connectivity index (χ0n) is 4.23. The number of nitriles is 1. The van der Waals surface area contributed by atoms with Crippen LogP contribution in [0.15, 0.2) is 12.7 Å². The van der Waals surface area contributed by atoms with E-state index in [1.807, 2.05) is 6.92 Å². The van der Waals surface area contributed by atoms with E-state index >= 15 is 0 Å². The molecule has 0 heterocycles. The van der Waals surface area contributed by atoms with E-state index in [2.05, 4.69) is 6.58 Å². The first kappa shape index (κ1) is 8.97. The summed E-state index contributed by atoms with van der Waals surface area (Å²) < 4.78 is 0. The van der Waals surface area contributed by atoms with Gasteiger partial charge in [-0.25, -0.2) is 0 Å². The fraction of sp³-hybridized carbons (Fsp3) is 0.400. The maximum atomic E-state index is 7.32. The molecule has 0 saturated carbocycles. The summed E-state index contributed by atoms with van der Waals surface area (Å²) in [6.45, 7) is 6.68. The maximum absolute atomic E-state index is 7.32. The van der Waals surface area contributed by atoms with Crippen molar-refractivity contribution in [3.8, 4) is 6.07 Å². The molecule has 0 fully saturated rings. The Morgan fingerprint density at radius 3 is 1.83 bits per heavy atom. The Hall–Kier alpha value is -0.770. The van der Waals surface area contributed by atoms with Gasteiger partial charge in [-0.2, -0.15) is 5.26 Å². The molecule has 0 N–H and O–H groups in total. The van der Waals surface area contributed by atoms with Gasteiger partial charge >= 0.3 is 0 Å². The van der Waals surface area contributed by atoms with E-state index in [0.717, 1.165) is 0 Å². The first-order valence-corrected chi connectivity index (χ1v) is 1.71. The van der Waals surface area contributed by atoms with Gasteiger partial charge in [0.2, 0.25) is 0 Å². The van der Waals surface area contributed by atoms with Crippen molar-refractivity contribution in [3.63, 3.8) is 0 Å². The molecule has 0 bridgehead atoms. The molecule has 0 aliphatic carbocycles.